The first-order chi connectivity index (χ1) is 12.1. The lowest BCUT2D eigenvalue weighted by atomic mass is 10.3. The van der Waals surface area contributed by atoms with Crippen LogP contribution in [0.5, 0.6) is 5.75 Å². The summed E-state index contributed by atoms with van der Waals surface area (Å²) in [5, 5.41) is 9.24. The van der Waals surface area contributed by atoms with Gasteiger partial charge in [0.05, 0.1) is 19.8 Å². The molecular formula is C17H21IN2O5. The SMILES string of the molecule is O=C(O)N(C/C=C/C(=O)N1CCOCC1)CCOc1ccc(I)cc1. The Morgan fingerprint density at radius 2 is 1.96 bits per heavy atom. The highest BCUT2D eigenvalue weighted by molar-refractivity contribution is 14.1. The summed E-state index contributed by atoms with van der Waals surface area (Å²) in [4.78, 5) is 26.1. The van der Waals surface area contributed by atoms with Crippen LogP contribution in [0.4, 0.5) is 4.79 Å². The fraction of sp³-hybridized carbons (Fsp3) is 0.412. The molecule has 1 saturated heterocycles. The Morgan fingerprint density at radius 1 is 1.28 bits per heavy atom. The van der Waals surface area contributed by atoms with Crippen LogP contribution in [0.25, 0.3) is 0 Å². The number of carbonyl (C=O) groups is 2. The molecule has 25 heavy (non-hydrogen) atoms. The number of halogens is 1. The number of hydrogen-bond acceptors (Lipinski definition) is 4. The summed E-state index contributed by atoms with van der Waals surface area (Å²) in [6, 6.07) is 7.53. The van der Waals surface area contributed by atoms with Gasteiger partial charge in [-0.05, 0) is 46.9 Å². The van der Waals surface area contributed by atoms with Crippen molar-refractivity contribution in [2.24, 2.45) is 0 Å². The van der Waals surface area contributed by atoms with Crippen LogP contribution < -0.4 is 4.74 Å². The van der Waals surface area contributed by atoms with E-state index in [1.807, 2.05) is 24.3 Å². The van der Waals surface area contributed by atoms with Gasteiger partial charge in [-0.3, -0.25) is 4.79 Å². The molecule has 1 fully saturated rings. The van der Waals surface area contributed by atoms with Crippen LogP contribution in [0.2, 0.25) is 0 Å². The van der Waals surface area contributed by atoms with Gasteiger partial charge in [-0.2, -0.15) is 0 Å². The van der Waals surface area contributed by atoms with Gasteiger partial charge in [-0.15, -0.1) is 0 Å². The normalized spacial score (nSPS) is 14.5. The van der Waals surface area contributed by atoms with Crippen molar-refractivity contribution < 1.29 is 24.2 Å². The highest BCUT2D eigenvalue weighted by Crippen LogP contribution is 2.13. The monoisotopic (exact) mass is 460 g/mol. The van der Waals surface area contributed by atoms with Crippen molar-refractivity contribution in [3.63, 3.8) is 0 Å². The minimum Gasteiger partial charge on any atom is -0.492 e. The molecule has 1 aliphatic rings. The van der Waals surface area contributed by atoms with Gasteiger partial charge in [0.25, 0.3) is 0 Å². The van der Waals surface area contributed by atoms with Gasteiger partial charge in [0.1, 0.15) is 12.4 Å². The first-order valence-electron chi connectivity index (χ1n) is 7.95. The summed E-state index contributed by atoms with van der Waals surface area (Å²) in [5.74, 6) is 0.576. The molecule has 2 amide bonds. The summed E-state index contributed by atoms with van der Waals surface area (Å²) < 4.78 is 11.8. The van der Waals surface area contributed by atoms with E-state index in [2.05, 4.69) is 22.6 Å². The standard InChI is InChI=1S/C17H21IN2O5/c18-14-3-5-15(6-4-14)25-13-10-20(17(22)23)7-1-2-16(21)19-8-11-24-12-9-19/h1-6H,7-13H2,(H,22,23)/b2-1+. The Labute approximate surface area is 160 Å². The van der Waals surface area contributed by atoms with E-state index in [0.717, 1.165) is 3.57 Å². The molecule has 1 aromatic rings. The summed E-state index contributed by atoms with van der Waals surface area (Å²) in [6.07, 6.45) is 1.94. The third-order valence-electron chi connectivity index (χ3n) is 3.62. The first kappa shape index (κ1) is 19.5. The van der Waals surface area contributed by atoms with E-state index in [1.54, 1.807) is 11.0 Å². The van der Waals surface area contributed by atoms with Gasteiger partial charge in [0, 0.05) is 29.3 Å². The molecule has 0 bridgehead atoms. The van der Waals surface area contributed by atoms with Crippen LogP contribution in [0.3, 0.4) is 0 Å². The van der Waals surface area contributed by atoms with E-state index in [-0.39, 0.29) is 25.6 Å². The maximum Gasteiger partial charge on any atom is 0.407 e. The number of benzene rings is 1. The topological polar surface area (TPSA) is 79.3 Å². The van der Waals surface area contributed by atoms with Crippen molar-refractivity contribution in [3.8, 4) is 5.75 Å². The lowest BCUT2D eigenvalue weighted by Gasteiger charge is -2.25. The zero-order valence-electron chi connectivity index (χ0n) is 13.8. The van der Waals surface area contributed by atoms with Crippen molar-refractivity contribution in [1.82, 2.24) is 9.80 Å². The number of carbonyl (C=O) groups excluding carboxylic acids is 1. The van der Waals surface area contributed by atoms with E-state index in [1.165, 1.54) is 11.0 Å². The highest BCUT2D eigenvalue weighted by atomic mass is 127. The summed E-state index contributed by atoms with van der Waals surface area (Å²) in [5.41, 5.74) is 0. The minimum atomic E-state index is -1.05. The smallest absolute Gasteiger partial charge is 0.407 e. The van der Waals surface area contributed by atoms with Crippen molar-refractivity contribution in [2.75, 3.05) is 46.0 Å². The van der Waals surface area contributed by atoms with Gasteiger partial charge in [0.15, 0.2) is 0 Å². The first-order valence-corrected chi connectivity index (χ1v) is 9.03. The van der Waals surface area contributed by atoms with Gasteiger partial charge < -0.3 is 24.4 Å². The molecule has 8 heteroatoms. The summed E-state index contributed by atoms with van der Waals surface area (Å²) in [6.45, 7) is 2.82. The largest absolute Gasteiger partial charge is 0.492 e. The molecule has 1 heterocycles. The average molecular weight is 460 g/mol. The molecule has 1 N–H and O–H groups in total. The van der Waals surface area contributed by atoms with Gasteiger partial charge in [0.2, 0.25) is 5.91 Å². The number of rotatable bonds is 7. The van der Waals surface area contributed by atoms with Crippen LogP contribution >= 0.6 is 22.6 Å². The van der Waals surface area contributed by atoms with Gasteiger partial charge >= 0.3 is 6.09 Å². The predicted molar refractivity (Wildman–Crippen MR) is 101 cm³/mol. The van der Waals surface area contributed by atoms with E-state index in [4.69, 9.17) is 9.47 Å². The lowest BCUT2D eigenvalue weighted by molar-refractivity contribution is -0.130. The Hall–Kier alpha value is -1.81. The Morgan fingerprint density at radius 3 is 2.60 bits per heavy atom. The van der Waals surface area contributed by atoms with Crippen LogP contribution in [0, 0.1) is 3.57 Å². The highest BCUT2D eigenvalue weighted by Gasteiger charge is 2.15. The summed E-state index contributed by atoms with van der Waals surface area (Å²) in [7, 11) is 0. The second kappa shape index (κ2) is 10.2. The molecule has 0 radical (unpaired) electrons. The Kier molecular flexibility index (Phi) is 7.99. The zero-order valence-corrected chi connectivity index (χ0v) is 15.9. The van der Waals surface area contributed by atoms with Crippen LogP contribution in [-0.4, -0.2) is 72.9 Å². The van der Waals surface area contributed by atoms with E-state index in [0.29, 0.717) is 32.1 Å². The number of hydrogen-bond donors (Lipinski definition) is 1. The maximum atomic E-state index is 12.0. The third-order valence-corrected chi connectivity index (χ3v) is 4.34. The van der Waals surface area contributed by atoms with Gasteiger partial charge in [-0.1, -0.05) is 6.08 Å². The molecule has 1 aliphatic heterocycles. The van der Waals surface area contributed by atoms with E-state index < -0.39 is 6.09 Å². The number of carboxylic acid groups (broad SMARTS) is 1. The van der Waals surface area contributed by atoms with E-state index in [9.17, 15) is 14.7 Å². The minimum absolute atomic E-state index is 0.122. The number of amides is 2. The molecule has 0 atom stereocenters. The Bertz CT molecular complexity index is 600. The molecule has 0 spiro atoms. The Balaban J connectivity index is 1.75. The number of morpholine rings is 1. The molecule has 0 saturated carbocycles. The molecule has 0 unspecified atom stereocenters. The number of ether oxygens (including phenoxy) is 2. The molecule has 0 aromatic heterocycles. The van der Waals surface area contributed by atoms with E-state index >= 15 is 0 Å². The predicted octanol–water partition coefficient (Wildman–Crippen LogP) is 2.07. The molecular weight excluding hydrogens is 439 g/mol. The number of nitrogens with zero attached hydrogens (tertiary/aromatic N) is 2. The summed E-state index contributed by atoms with van der Waals surface area (Å²) >= 11 is 2.20. The second-order valence-corrected chi connectivity index (χ2v) is 6.62. The second-order valence-electron chi connectivity index (χ2n) is 5.37. The lowest BCUT2D eigenvalue weighted by Crippen LogP contribution is -2.40. The molecule has 136 valence electrons. The zero-order chi connectivity index (χ0) is 18.1. The average Bonchev–Trinajstić information content (AvgIpc) is 2.62. The van der Waals surface area contributed by atoms with Crippen LogP contribution in [-0.2, 0) is 9.53 Å². The molecule has 2 rings (SSSR count). The fourth-order valence-corrected chi connectivity index (χ4v) is 2.60. The maximum absolute atomic E-state index is 12.0. The molecule has 1 aromatic carbocycles. The quantitative estimate of drug-likeness (QED) is 0.498. The van der Waals surface area contributed by atoms with Crippen molar-refractivity contribution in [3.05, 3.63) is 40.0 Å². The van der Waals surface area contributed by atoms with Crippen molar-refractivity contribution >= 4 is 34.6 Å². The van der Waals surface area contributed by atoms with Gasteiger partial charge in [-0.25, -0.2) is 4.79 Å². The molecule has 0 aliphatic carbocycles. The fourth-order valence-electron chi connectivity index (χ4n) is 2.24. The molecule has 7 nitrogen and oxygen atoms in total. The van der Waals surface area contributed by atoms with Crippen LogP contribution in [0.15, 0.2) is 36.4 Å². The van der Waals surface area contributed by atoms with Crippen molar-refractivity contribution in [2.45, 2.75) is 0 Å². The van der Waals surface area contributed by atoms with Crippen LogP contribution in [0.1, 0.15) is 0 Å². The third kappa shape index (κ3) is 6.91. The van der Waals surface area contributed by atoms with Crippen molar-refractivity contribution in [1.29, 1.82) is 0 Å².